The van der Waals surface area contributed by atoms with Gasteiger partial charge in [-0.3, -0.25) is 9.78 Å². The Hall–Kier alpha value is -3.14. The molecular formula is C24H16Cl2N2O. The highest BCUT2D eigenvalue weighted by Crippen LogP contribution is 2.27. The molecule has 0 saturated carbocycles. The maximum Gasteiger partial charge on any atom is 0.185 e. The van der Waals surface area contributed by atoms with E-state index in [-0.39, 0.29) is 5.78 Å². The molecule has 142 valence electrons. The maximum absolute atomic E-state index is 12.4. The van der Waals surface area contributed by atoms with Crippen molar-refractivity contribution in [1.82, 2.24) is 4.98 Å². The second kappa shape index (κ2) is 8.48. The van der Waals surface area contributed by atoms with Crippen molar-refractivity contribution in [1.29, 1.82) is 0 Å². The lowest BCUT2D eigenvalue weighted by Crippen LogP contribution is -1.96. The largest absolute Gasteiger partial charge is 0.355 e. The fraction of sp³-hybridized carbons (Fsp3) is 0. The number of ketones is 1. The summed E-state index contributed by atoms with van der Waals surface area (Å²) in [4.78, 5) is 16.8. The Morgan fingerprint density at radius 2 is 1.59 bits per heavy atom. The van der Waals surface area contributed by atoms with Crippen LogP contribution in [0.1, 0.15) is 15.9 Å². The predicted octanol–water partition coefficient (Wildman–Crippen LogP) is 7.18. The van der Waals surface area contributed by atoms with Gasteiger partial charge in [0, 0.05) is 38.6 Å². The molecule has 5 heteroatoms. The zero-order valence-corrected chi connectivity index (χ0v) is 16.8. The molecule has 3 nitrogen and oxygen atoms in total. The summed E-state index contributed by atoms with van der Waals surface area (Å²) in [6.07, 6.45) is 5.07. The fourth-order valence-electron chi connectivity index (χ4n) is 2.95. The number of benzene rings is 3. The Morgan fingerprint density at radius 1 is 0.862 bits per heavy atom. The smallest absolute Gasteiger partial charge is 0.185 e. The van der Waals surface area contributed by atoms with Crippen LogP contribution in [0, 0.1) is 0 Å². The van der Waals surface area contributed by atoms with E-state index in [4.69, 9.17) is 23.2 Å². The first kappa shape index (κ1) is 19.2. The van der Waals surface area contributed by atoms with E-state index >= 15 is 0 Å². The predicted molar refractivity (Wildman–Crippen MR) is 121 cm³/mol. The molecule has 1 aromatic heterocycles. The van der Waals surface area contributed by atoms with Crippen LogP contribution in [0.15, 0.2) is 85.1 Å². The van der Waals surface area contributed by atoms with Gasteiger partial charge in [0.25, 0.3) is 0 Å². The van der Waals surface area contributed by atoms with Crippen LogP contribution in [0.4, 0.5) is 11.4 Å². The lowest BCUT2D eigenvalue weighted by atomic mass is 10.1. The number of carbonyl (C=O) groups excluding carboxylic acids is 1. The van der Waals surface area contributed by atoms with Crippen molar-refractivity contribution in [3.05, 3.63) is 106 Å². The molecule has 0 radical (unpaired) electrons. The maximum atomic E-state index is 12.4. The van der Waals surface area contributed by atoms with Gasteiger partial charge in [0.05, 0.1) is 5.52 Å². The van der Waals surface area contributed by atoms with Crippen LogP contribution in [0.25, 0.3) is 17.0 Å². The standard InChI is InChI=1S/C24H16Cl2N2O/c25-18-6-1-16(2-7-18)3-12-24(29)17-4-9-20(10-5-17)28-22-13-14-27-23-15-19(26)8-11-21(22)23/h1-15H,(H,27,28). The van der Waals surface area contributed by atoms with Gasteiger partial charge < -0.3 is 5.32 Å². The number of pyridine rings is 1. The fourth-order valence-corrected chi connectivity index (χ4v) is 3.24. The Bertz CT molecular complexity index is 1200. The molecule has 1 N–H and O–H groups in total. The van der Waals surface area contributed by atoms with Crippen molar-refractivity contribution in [2.24, 2.45) is 0 Å². The zero-order chi connectivity index (χ0) is 20.2. The highest BCUT2D eigenvalue weighted by atomic mass is 35.5. The topological polar surface area (TPSA) is 42.0 Å². The van der Waals surface area contributed by atoms with Gasteiger partial charge in [-0.1, -0.05) is 41.4 Å². The number of rotatable bonds is 5. The SMILES string of the molecule is O=C(C=Cc1ccc(Cl)cc1)c1ccc(Nc2ccnc3cc(Cl)ccc23)cc1. The number of fused-ring (bicyclic) bond motifs is 1. The first-order valence-corrected chi connectivity index (χ1v) is 9.73. The molecule has 0 saturated heterocycles. The minimum absolute atomic E-state index is 0.0597. The van der Waals surface area contributed by atoms with Gasteiger partial charge in [-0.25, -0.2) is 0 Å². The summed E-state index contributed by atoms with van der Waals surface area (Å²) in [5, 5.41) is 5.66. The molecule has 0 fully saturated rings. The summed E-state index contributed by atoms with van der Waals surface area (Å²) in [6, 6.07) is 22.2. The van der Waals surface area contributed by atoms with E-state index in [0.717, 1.165) is 27.8 Å². The summed E-state index contributed by atoms with van der Waals surface area (Å²) in [5.41, 5.74) is 4.17. The van der Waals surface area contributed by atoms with E-state index in [1.807, 2.05) is 48.5 Å². The first-order valence-electron chi connectivity index (χ1n) is 8.98. The summed E-state index contributed by atoms with van der Waals surface area (Å²) in [6.45, 7) is 0. The van der Waals surface area contributed by atoms with Crippen molar-refractivity contribution in [2.45, 2.75) is 0 Å². The van der Waals surface area contributed by atoms with Crippen LogP contribution in [-0.2, 0) is 0 Å². The Labute approximate surface area is 178 Å². The van der Waals surface area contributed by atoms with Gasteiger partial charge in [-0.05, 0) is 72.3 Å². The normalized spacial score (nSPS) is 11.1. The van der Waals surface area contributed by atoms with Crippen molar-refractivity contribution in [2.75, 3.05) is 5.32 Å². The lowest BCUT2D eigenvalue weighted by Gasteiger charge is -2.10. The van der Waals surface area contributed by atoms with E-state index in [2.05, 4.69) is 10.3 Å². The lowest BCUT2D eigenvalue weighted by molar-refractivity contribution is 0.104. The minimum Gasteiger partial charge on any atom is -0.355 e. The molecular weight excluding hydrogens is 403 g/mol. The van der Waals surface area contributed by atoms with E-state index in [1.54, 1.807) is 42.6 Å². The molecule has 1 heterocycles. The van der Waals surface area contributed by atoms with Gasteiger partial charge in [-0.15, -0.1) is 0 Å². The first-order chi connectivity index (χ1) is 14.1. The van der Waals surface area contributed by atoms with Crippen LogP contribution in [0.2, 0.25) is 10.0 Å². The van der Waals surface area contributed by atoms with Crippen LogP contribution in [0.5, 0.6) is 0 Å². The number of hydrogen-bond donors (Lipinski definition) is 1. The summed E-state index contributed by atoms with van der Waals surface area (Å²) in [5.74, 6) is -0.0597. The molecule has 0 bridgehead atoms. The van der Waals surface area contributed by atoms with Crippen LogP contribution in [0.3, 0.4) is 0 Å². The van der Waals surface area contributed by atoms with Gasteiger partial charge in [0.1, 0.15) is 0 Å². The van der Waals surface area contributed by atoms with Crippen LogP contribution in [-0.4, -0.2) is 10.8 Å². The number of nitrogens with zero attached hydrogens (tertiary/aromatic N) is 1. The van der Waals surface area contributed by atoms with Crippen LogP contribution >= 0.6 is 23.2 Å². The number of allylic oxidation sites excluding steroid dienone is 1. The number of carbonyl (C=O) groups is 1. The molecule has 0 aliphatic carbocycles. The average molecular weight is 419 g/mol. The van der Waals surface area contributed by atoms with E-state index in [1.165, 1.54) is 0 Å². The number of anilines is 2. The van der Waals surface area contributed by atoms with Gasteiger partial charge in [0.15, 0.2) is 5.78 Å². The van der Waals surface area contributed by atoms with Gasteiger partial charge in [0.2, 0.25) is 0 Å². The summed E-state index contributed by atoms with van der Waals surface area (Å²) >= 11 is 11.9. The second-order valence-electron chi connectivity index (χ2n) is 6.47. The highest BCUT2D eigenvalue weighted by Gasteiger charge is 2.05. The molecule has 0 amide bonds. The van der Waals surface area contributed by atoms with Crippen molar-refractivity contribution in [3.63, 3.8) is 0 Å². The van der Waals surface area contributed by atoms with Crippen molar-refractivity contribution in [3.8, 4) is 0 Å². The zero-order valence-electron chi connectivity index (χ0n) is 15.3. The average Bonchev–Trinajstić information content (AvgIpc) is 2.73. The Morgan fingerprint density at radius 3 is 2.34 bits per heavy atom. The van der Waals surface area contributed by atoms with Gasteiger partial charge in [-0.2, -0.15) is 0 Å². The molecule has 4 rings (SSSR count). The van der Waals surface area contributed by atoms with Gasteiger partial charge >= 0.3 is 0 Å². The quantitative estimate of drug-likeness (QED) is 0.275. The third kappa shape index (κ3) is 4.65. The van der Waals surface area contributed by atoms with E-state index in [0.29, 0.717) is 15.6 Å². The monoisotopic (exact) mass is 418 g/mol. The number of aromatic nitrogens is 1. The molecule has 0 atom stereocenters. The molecule has 0 spiro atoms. The van der Waals surface area contributed by atoms with E-state index in [9.17, 15) is 4.79 Å². The number of halogens is 2. The Kier molecular flexibility index (Phi) is 5.61. The molecule has 0 unspecified atom stereocenters. The molecule has 4 aromatic rings. The molecule has 3 aromatic carbocycles. The minimum atomic E-state index is -0.0597. The van der Waals surface area contributed by atoms with Crippen molar-refractivity contribution < 1.29 is 4.79 Å². The summed E-state index contributed by atoms with van der Waals surface area (Å²) in [7, 11) is 0. The number of hydrogen-bond acceptors (Lipinski definition) is 3. The Balaban J connectivity index is 1.49. The second-order valence-corrected chi connectivity index (χ2v) is 7.34. The van der Waals surface area contributed by atoms with Crippen LogP contribution < -0.4 is 5.32 Å². The summed E-state index contributed by atoms with van der Waals surface area (Å²) < 4.78 is 0. The molecule has 0 aliphatic rings. The number of nitrogens with one attached hydrogen (secondary N) is 1. The highest BCUT2D eigenvalue weighted by molar-refractivity contribution is 6.31. The van der Waals surface area contributed by atoms with E-state index < -0.39 is 0 Å². The third-order valence-electron chi connectivity index (χ3n) is 4.45. The third-order valence-corrected chi connectivity index (χ3v) is 4.94. The molecule has 0 aliphatic heterocycles. The molecule has 29 heavy (non-hydrogen) atoms. The van der Waals surface area contributed by atoms with Crippen molar-refractivity contribution >= 4 is 57.3 Å².